The van der Waals surface area contributed by atoms with Gasteiger partial charge in [0.2, 0.25) is 10.0 Å². The molecule has 2 heterocycles. The normalized spacial score (nSPS) is 30.3. The van der Waals surface area contributed by atoms with Crippen LogP contribution < -0.4 is 10.0 Å². The van der Waals surface area contributed by atoms with Crippen LogP contribution in [0.25, 0.3) is 0 Å². The summed E-state index contributed by atoms with van der Waals surface area (Å²) in [5, 5.41) is 3.63. The van der Waals surface area contributed by atoms with Crippen LogP contribution in [0.2, 0.25) is 0 Å². The molecule has 0 radical (unpaired) electrons. The Morgan fingerprint density at radius 3 is 2.53 bits per heavy atom. The van der Waals surface area contributed by atoms with Crippen molar-refractivity contribution in [1.82, 2.24) is 5.32 Å². The molecular weight excluding hydrogens is 260 g/mol. The molecule has 0 spiro atoms. The number of piperidine rings is 1. The third-order valence-electron chi connectivity index (χ3n) is 4.13. The van der Waals surface area contributed by atoms with Crippen molar-refractivity contribution in [2.75, 3.05) is 11.0 Å². The molecule has 4 nitrogen and oxygen atoms in total. The average molecular weight is 280 g/mol. The third kappa shape index (κ3) is 3.09. The van der Waals surface area contributed by atoms with E-state index in [-0.39, 0.29) is 0 Å². The van der Waals surface area contributed by atoms with Gasteiger partial charge in [-0.3, -0.25) is 4.72 Å². The minimum Gasteiger partial charge on any atom is -0.311 e. The Bertz CT molecular complexity index is 559. The highest BCUT2D eigenvalue weighted by atomic mass is 32.2. The van der Waals surface area contributed by atoms with Gasteiger partial charge < -0.3 is 5.32 Å². The molecule has 2 fully saturated rings. The second-order valence-electron chi connectivity index (χ2n) is 5.81. The predicted molar refractivity (Wildman–Crippen MR) is 76.8 cm³/mol. The highest BCUT2D eigenvalue weighted by Gasteiger charge is 2.33. The van der Waals surface area contributed by atoms with Gasteiger partial charge in [0.25, 0.3) is 0 Å². The first-order chi connectivity index (χ1) is 8.99. The van der Waals surface area contributed by atoms with Crippen LogP contribution in [0.1, 0.15) is 37.2 Å². The lowest BCUT2D eigenvalue weighted by Gasteiger charge is -2.29. The third-order valence-corrected chi connectivity index (χ3v) is 4.74. The number of sulfonamides is 1. The Labute approximate surface area is 114 Å². The lowest BCUT2D eigenvalue weighted by atomic mass is 9.86. The van der Waals surface area contributed by atoms with E-state index in [4.69, 9.17) is 0 Å². The van der Waals surface area contributed by atoms with Crippen LogP contribution in [0.4, 0.5) is 5.69 Å². The number of nitrogens with one attached hydrogen (secondary N) is 2. The van der Waals surface area contributed by atoms with Crippen molar-refractivity contribution in [3.05, 3.63) is 29.8 Å². The second-order valence-corrected chi connectivity index (χ2v) is 7.55. The van der Waals surface area contributed by atoms with E-state index in [1.165, 1.54) is 37.5 Å². The maximum atomic E-state index is 11.3. The van der Waals surface area contributed by atoms with Gasteiger partial charge in [0.1, 0.15) is 0 Å². The molecule has 0 amide bonds. The quantitative estimate of drug-likeness (QED) is 0.891. The first kappa shape index (κ1) is 12.9. The van der Waals surface area contributed by atoms with Crippen molar-refractivity contribution in [3.8, 4) is 0 Å². The minimum absolute atomic E-state index is 0.556. The molecule has 0 aliphatic carbocycles. The van der Waals surface area contributed by atoms with Crippen molar-refractivity contribution < 1.29 is 8.42 Å². The molecule has 2 aliphatic heterocycles. The van der Waals surface area contributed by atoms with Gasteiger partial charge in [0, 0.05) is 17.8 Å². The largest absolute Gasteiger partial charge is 0.311 e. The summed E-state index contributed by atoms with van der Waals surface area (Å²) in [6, 6.07) is 9.14. The minimum atomic E-state index is -3.20. The van der Waals surface area contributed by atoms with Gasteiger partial charge >= 0.3 is 0 Å². The fourth-order valence-corrected chi connectivity index (χ4v) is 3.95. The van der Waals surface area contributed by atoms with Gasteiger partial charge in [-0.25, -0.2) is 8.42 Å². The molecule has 1 aromatic rings. The number of benzene rings is 1. The SMILES string of the molecule is CS(=O)(=O)Nc1cccc(C2CC3CCC(C2)N3)c1. The molecule has 2 saturated heterocycles. The molecule has 5 heteroatoms. The summed E-state index contributed by atoms with van der Waals surface area (Å²) in [6.45, 7) is 0. The fraction of sp³-hybridized carbons (Fsp3) is 0.571. The van der Waals surface area contributed by atoms with Gasteiger partial charge in [0.05, 0.1) is 6.26 Å². The Kier molecular flexibility index (Phi) is 3.27. The zero-order valence-corrected chi connectivity index (χ0v) is 11.9. The predicted octanol–water partition coefficient (Wildman–Crippen LogP) is 2.06. The van der Waals surface area contributed by atoms with E-state index in [1.807, 2.05) is 12.1 Å². The molecule has 1 aromatic carbocycles. The summed E-state index contributed by atoms with van der Waals surface area (Å²) in [7, 11) is -3.20. The smallest absolute Gasteiger partial charge is 0.229 e. The zero-order chi connectivity index (χ0) is 13.5. The molecule has 2 N–H and O–H groups in total. The van der Waals surface area contributed by atoms with E-state index < -0.39 is 10.0 Å². The highest BCUT2D eigenvalue weighted by molar-refractivity contribution is 7.92. The van der Waals surface area contributed by atoms with Gasteiger partial charge in [-0.05, 0) is 49.3 Å². The summed E-state index contributed by atoms with van der Waals surface area (Å²) >= 11 is 0. The van der Waals surface area contributed by atoms with Gasteiger partial charge in [-0.15, -0.1) is 0 Å². The van der Waals surface area contributed by atoms with E-state index in [9.17, 15) is 8.42 Å². The zero-order valence-electron chi connectivity index (χ0n) is 11.1. The van der Waals surface area contributed by atoms with Crippen molar-refractivity contribution in [1.29, 1.82) is 0 Å². The molecule has 0 saturated carbocycles. The number of anilines is 1. The first-order valence-corrected chi connectivity index (χ1v) is 8.72. The second kappa shape index (κ2) is 4.80. The number of hydrogen-bond acceptors (Lipinski definition) is 3. The molecule has 2 aliphatic rings. The van der Waals surface area contributed by atoms with Crippen LogP contribution in [-0.2, 0) is 10.0 Å². The Hall–Kier alpha value is -1.07. The first-order valence-electron chi connectivity index (χ1n) is 6.83. The van der Waals surface area contributed by atoms with Crippen LogP contribution in [0, 0.1) is 0 Å². The van der Waals surface area contributed by atoms with E-state index in [1.54, 1.807) is 6.07 Å². The van der Waals surface area contributed by atoms with Crippen LogP contribution >= 0.6 is 0 Å². The molecule has 104 valence electrons. The molecule has 2 unspecified atom stereocenters. The maximum Gasteiger partial charge on any atom is 0.229 e. The standard InChI is InChI=1S/C14H20N2O2S/c1-19(17,18)16-14-4-2-3-10(7-14)11-8-12-5-6-13(9-11)15-12/h2-4,7,11-13,15-16H,5-6,8-9H2,1H3. The highest BCUT2D eigenvalue weighted by Crippen LogP contribution is 2.37. The number of rotatable bonds is 3. The van der Waals surface area contributed by atoms with Gasteiger partial charge in [-0.1, -0.05) is 12.1 Å². The molecule has 2 bridgehead atoms. The lowest BCUT2D eigenvalue weighted by molar-refractivity contribution is 0.363. The summed E-state index contributed by atoms with van der Waals surface area (Å²) in [5.41, 5.74) is 1.93. The van der Waals surface area contributed by atoms with Crippen molar-refractivity contribution in [3.63, 3.8) is 0 Å². The van der Waals surface area contributed by atoms with E-state index in [0.29, 0.717) is 23.7 Å². The summed E-state index contributed by atoms with van der Waals surface area (Å²) in [4.78, 5) is 0. The van der Waals surface area contributed by atoms with Crippen molar-refractivity contribution in [2.45, 2.75) is 43.7 Å². The maximum absolute atomic E-state index is 11.3. The summed E-state index contributed by atoms with van der Waals surface area (Å²) < 4.78 is 25.1. The van der Waals surface area contributed by atoms with E-state index >= 15 is 0 Å². The summed E-state index contributed by atoms with van der Waals surface area (Å²) in [6.07, 6.45) is 6.08. The number of fused-ring (bicyclic) bond motifs is 2. The van der Waals surface area contributed by atoms with Gasteiger partial charge in [0.15, 0.2) is 0 Å². The Balaban J connectivity index is 1.79. The monoisotopic (exact) mass is 280 g/mol. The molecule has 19 heavy (non-hydrogen) atoms. The van der Waals surface area contributed by atoms with Crippen LogP contribution in [0.3, 0.4) is 0 Å². The molecular formula is C14H20N2O2S. The van der Waals surface area contributed by atoms with Crippen LogP contribution in [0.15, 0.2) is 24.3 Å². The van der Waals surface area contributed by atoms with Crippen molar-refractivity contribution >= 4 is 15.7 Å². The fourth-order valence-electron chi connectivity index (χ4n) is 3.40. The van der Waals surface area contributed by atoms with Crippen LogP contribution in [-0.4, -0.2) is 26.8 Å². The van der Waals surface area contributed by atoms with Crippen molar-refractivity contribution in [2.24, 2.45) is 0 Å². The molecule has 3 rings (SSSR count). The number of hydrogen-bond donors (Lipinski definition) is 2. The van der Waals surface area contributed by atoms with Crippen LogP contribution in [0.5, 0.6) is 0 Å². The molecule has 0 aromatic heterocycles. The van der Waals surface area contributed by atoms with E-state index in [0.717, 1.165) is 0 Å². The van der Waals surface area contributed by atoms with E-state index in [2.05, 4.69) is 16.1 Å². The Morgan fingerprint density at radius 2 is 1.89 bits per heavy atom. The molecule has 2 atom stereocenters. The Morgan fingerprint density at radius 1 is 1.21 bits per heavy atom. The lowest BCUT2D eigenvalue weighted by Crippen LogP contribution is -2.37. The van der Waals surface area contributed by atoms with Gasteiger partial charge in [-0.2, -0.15) is 0 Å². The average Bonchev–Trinajstić information content (AvgIpc) is 2.66. The topological polar surface area (TPSA) is 58.2 Å². The summed E-state index contributed by atoms with van der Waals surface area (Å²) in [5.74, 6) is 0.556.